The van der Waals surface area contributed by atoms with Crippen molar-refractivity contribution in [2.75, 3.05) is 5.88 Å². The Labute approximate surface area is 126 Å². The Kier molecular flexibility index (Phi) is 14.8. The Balaban J connectivity index is 3.76. The van der Waals surface area contributed by atoms with Crippen molar-refractivity contribution in [2.45, 2.75) is 97.0 Å². The normalized spacial score (nSPS) is 14.5. The van der Waals surface area contributed by atoms with Crippen molar-refractivity contribution in [3.63, 3.8) is 0 Å². The van der Waals surface area contributed by atoms with Crippen molar-refractivity contribution < 1.29 is 5.11 Å². The lowest BCUT2D eigenvalue weighted by Crippen LogP contribution is -2.15. The molecule has 0 saturated carbocycles. The molecule has 0 aliphatic carbocycles. The first-order chi connectivity index (χ1) is 9.24. The highest BCUT2D eigenvalue weighted by molar-refractivity contribution is 6.18. The van der Waals surface area contributed by atoms with Gasteiger partial charge in [0, 0.05) is 5.88 Å². The lowest BCUT2D eigenvalue weighted by Gasteiger charge is -2.19. The molecule has 2 atom stereocenters. The minimum Gasteiger partial charge on any atom is -0.392 e. The molecule has 0 aliphatic heterocycles. The Bertz CT molecular complexity index is 173. The van der Waals surface area contributed by atoms with E-state index in [2.05, 4.69) is 13.8 Å². The zero-order valence-electron chi connectivity index (χ0n) is 13.2. The SMILES string of the molecule is CCCCCCCC(CCCCCC)CC(O)CCl. The average molecular weight is 291 g/mol. The van der Waals surface area contributed by atoms with Crippen molar-refractivity contribution >= 4 is 11.6 Å². The van der Waals surface area contributed by atoms with Gasteiger partial charge in [-0.2, -0.15) is 0 Å². The first-order valence-electron chi connectivity index (χ1n) is 8.48. The van der Waals surface area contributed by atoms with Crippen LogP contribution < -0.4 is 0 Å². The second kappa shape index (κ2) is 14.7. The molecule has 2 unspecified atom stereocenters. The number of halogens is 1. The van der Waals surface area contributed by atoms with Crippen LogP contribution in [0.3, 0.4) is 0 Å². The maximum atomic E-state index is 9.74. The molecule has 0 radical (unpaired) electrons. The molecule has 0 aromatic rings. The Morgan fingerprint density at radius 1 is 0.789 bits per heavy atom. The molecule has 0 fully saturated rings. The van der Waals surface area contributed by atoms with E-state index in [0.29, 0.717) is 11.8 Å². The third-order valence-electron chi connectivity index (χ3n) is 3.97. The van der Waals surface area contributed by atoms with E-state index >= 15 is 0 Å². The van der Waals surface area contributed by atoms with Gasteiger partial charge < -0.3 is 5.11 Å². The second-order valence-corrected chi connectivity index (χ2v) is 6.27. The fraction of sp³-hybridized carbons (Fsp3) is 1.00. The van der Waals surface area contributed by atoms with Gasteiger partial charge >= 0.3 is 0 Å². The summed E-state index contributed by atoms with van der Waals surface area (Å²) in [5, 5.41) is 9.74. The molecule has 0 aromatic heterocycles. The second-order valence-electron chi connectivity index (χ2n) is 5.96. The Morgan fingerprint density at radius 3 is 1.74 bits per heavy atom. The standard InChI is InChI=1S/C17H35ClO/c1-3-5-7-9-11-13-16(14-17(19)15-18)12-10-8-6-4-2/h16-17,19H,3-15H2,1-2H3. The number of aliphatic hydroxyl groups is 1. The van der Waals surface area contributed by atoms with Crippen LogP contribution in [-0.4, -0.2) is 17.1 Å². The van der Waals surface area contributed by atoms with Crippen molar-refractivity contribution in [3.8, 4) is 0 Å². The number of aliphatic hydroxyl groups excluding tert-OH is 1. The van der Waals surface area contributed by atoms with Crippen molar-refractivity contribution in [3.05, 3.63) is 0 Å². The summed E-state index contributed by atoms with van der Waals surface area (Å²) in [5.74, 6) is 1.08. The largest absolute Gasteiger partial charge is 0.392 e. The summed E-state index contributed by atoms with van der Waals surface area (Å²) in [4.78, 5) is 0. The van der Waals surface area contributed by atoms with Crippen LogP contribution in [0.4, 0.5) is 0 Å². The Morgan fingerprint density at radius 2 is 1.26 bits per heavy atom. The zero-order valence-corrected chi connectivity index (χ0v) is 13.9. The van der Waals surface area contributed by atoms with Gasteiger partial charge in [-0.15, -0.1) is 11.6 Å². The van der Waals surface area contributed by atoms with Crippen molar-refractivity contribution in [2.24, 2.45) is 5.92 Å². The summed E-state index contributed by atoms with van der Waals surface area (Å²) in [6, 6.07) is 0. The maximum Gasteiger partial charge on any atom is 0.0678 e. The maximum absolute atomic E-state index is 9.74. The van der Waals surface area contributed by atoms with Gasteiger partial charge in [0.15, 0.2) is 0 Å². The van der Waals surface area contributed by atoms with Gasteiger partial charge in [-0.1, -0.05) is 84.5 Å². The molecule has 0 spiro atoms. The summed E-state index contributed by atoms with van der Waals surface area (Å²) >= 11 is 5.73. The van der Waals surface area contributed by atoms with Gasteiger partial charge in [0.05, 0.1) is 6.10 Å². The van der Waals surface area contributed by atoms with Crippen LogP contribution in [0.2, 0.25) is 0 Å². The molecular formula is C17H35ClO. The fourth-order valence-electron chi connectivity index (χ4n) is 2.72. The molecule has 2 heteroatoms. The van der Waals surface area contributed by atoms with Crippen LogP contribution in [0.15, 0.2) is 0 Å². The summed E-state index contributed by atoms with van der Waals surface area (Å²) in [6.45, 7) is 4.51. The van der Waals surface area contributed by atoms with Gasteiger partial charge in [-0.3, -0.25) is 0 Å². The zero-order chi connectivity index (χ0) is 14.3. The predicted octanol–water partition coefficient (Wildman–Crippen LogP) is 5.92. The van der Waals surface area contributed by atoms with E-state index in [0.717, 1.165) is 6.42 Å². The van der Waals surface area contributed by atoms with E-state index in [9.17, 15) is 5.11 Å². The van der Waals surface area contributed by atoms with E-state index in [4.69, 9.17) is 11.6 Å². The molecular weight excluding hydrogens is 256 g/mol. The lowest BCUT2D eigenvalue weighted by atomic mass is 9.90. The van der Waals surface area contributed by atoms with E-state index in [-0.39, 0.29) is 6.10 Å². The molecule has 1 N–H and O–H groups in total. The first-order valence-corrected chi connectivity index (χ1v) is 9.02. The minimum absolute atomic E-state index is 0.298. The highest BCUT2D eigenvalue weighted by Crippen LogP contribution is 2.23. The quantitative estimate of drug-likeness (QED) is 0.311. The summed E-state index contributed by atoms with van der Waals surface area (Å²) in [5.41, 5.74) is 0. The van der Waals surface area contributed by atoms with E-state index in [1.807, 2.05) is 0 Å². The Hall–Kier alpha value is 0.250. The number of hydrogen-bond acceptors (Lipinski definition) is 1. The van der Waals surface area contributed by atoms with Gasteiger partial charge in [0.2, 0.25) is 0 Å². The van der Waals surface area contributed by atoms with Gasteiger partial charge in [0.25, 0.3) is 0 Å². The number of hydrogen-bond donors (Lipinski definition) is 1. The predicted molar refractivity (Wildman–Crippen MR) is 87.0 cm³/mol. The van der Waals surface area contributed by atoms with E-state index < -0.39 is 0 Å². The van der Waals surface area contributed by atoms with Gasteiger partial charge in [0.1, 0.15) is 0 Å². The minimum atomic E-state index is -0.298. The van der Waals surface area contributed by atoms with Gasteiger partial charge in [-0.05, 0) is 12.3 Å². The monoisotopic (exact) mass is 290 g/mol. The molecule has 1 nitrogen and oxygen atoms in total. The van der Waals surface area contributed by atoms with Crippen LogP contribution in [-0.2, 0) is 0 Å². The van der Waals surface area contributed by atoms with E-state index in [1.54, 1.807) is 0 Å². The first kappa shape index (κ1) is 19.2. The third kappa shape index (κ3) is 13.0. The summed E-state index contributed by atoms with van der Waals surface area (Å²) < 4.78 is 0. The molecule has 19 heavy (non-hydrogen) atoms. The molecule has 0 rings (SSSR count). The summed E-state index contributed by atoms with van der Waals surface area (Å²) in [7, 11) is 0. The molecule has 0 aromatic carbocycles. The molecule has 116 valence electrons. The number of alkyl halides is 1. The average Bonchev–Trinajstić information content (AvgIpc) is 2.42. The topological polar surface area (TPSA) is 20.2 Å². The fourth-order valence-corrected chi connectivity index (χ4v) is 2.85. The van der Waals surface area contributed by atoms with E-state index in [1.165, 1.54) is 70.6 Å². The van der Waals surface area contributed by atoms with Crippen LogP contribution in [0, 0.1) is 5.92 Å². The van der Waals surface area contributed by atoms with Crippen LogP contribution in [0.25, 0.3) is 0 Å². The van der Waals surface area contributed by atoms with Crippen LogP contribution >= 0.6 is 11.6 Å². The third-order valence-corrected chi connectivity index (χ3v) is 4.32. The number of unbranched alkanes of at least 4 members (excludes halogenated alkanes) is 7. The molecule has 0 heterocycles. The van der Waals surface area contributed by atoms with Crippen molar-refractivity contribution in [1.82, 2.24) is 0 Å². The molecule has 0 aliphatic rings. The van der Waals surface area contributed by atoms with Crippen molar-refractivity contribution in [1.29, 1.82) is 0 Å². The molecule has 0 bridgehead atoms. The smallest absolute Gasteiger partial charge is 0.0678 e. The lowest BCUT2D eigenvalue weighted by molar-refractivity contribution is 0.155. The summed E-state index contributed by atoms with van der Waals surface area (Å²) in [6.07, 6.45) is 15.2. The van der Waals surface area contributed by atoms with Gasteiger partial charge in [-0.25, -0.2) is 0 Å². The molecule has 0 amide bonds. The van der Waals surface area contributed by atoms with Crippen LogP contribution in [0.1, 0.15) is 90.9 Å². The highest BCUT2D eigenvalue weighted by Gasteiger charge is 2.13. The highest BCUT2D eigenvalue weighted by atomic mass is 35.5. The molecule has 0 saturated heterocycles. The number of rotatable bonds is 14. The van der Waals surface area contributed by atoms with Crippen LogP contribution in [0.5, 0.6) is 0 Å².